The molecule has 2 N–H and O–H groups in total. The molecule has 1 aliphatic carbocycles. The molecule has 0 radical (unpaired) electrons. The Morgan fingerprint density at radius 3 is 2.47 bits per heavy atom. The summed E-state index contributed by atoms with van der Waals surface area (Å²) in [6.45, 7) is 3.10. The summed E-state index contributed by atoms with van der Waals surface area (Å²) >= 11 is 0. The number of nitrogens with zero attached hydrogens (tertiary/aromatic N) is 2. The van der Waals surface area contributed by atoms with E-state index in [1.54, 1.807) is 6.20 Å². The van der Waals surface area contributed by atoms with Crippen LogP contribution in [-0.2, 0) is 0 Å². The molecule has 4 nitrogen and oxygen atoms in total. The molecule has 1 heterocycles. The first-order valence-corrected chi connectivity index (χ1v) is 7.71. The molecule has 0 aliphatic heterocycles. The second-order valence-corrected chi connectivity index (χ2v) is 5.40. The van der Waals surface area contributed by atoms with Crippen molar-refractivity contribution in [1.29, 1.82) is 0 Å². The minimum absolute atomic E-state index is 0.566. The van der Waals surface area contributed by atoms with Crippen LogP contribution in [0.15, 0.2) is 12.4 Å². The average molecular weight is 262 g/mol. The van der Waals surface area contributed by atoms with Gasteiger partial charge in [-0.25, -0.2) is 4.98 Å². The maximum Gasteiger partial charge on any atom is 0.147 e. The van der Waals surface area contributed by atoms with E-state index in [2.05, 4.69) is 27.5 Å². The number of nitrogens with one attached hydrogen (secondary N) is 2. The van der Waals surface area contributed by atoms with Crippen LogP contribution in [0.25, 0.3) is 0 Å². The van der Waals surface area contributed by atoms with E-state index in [0.29, 0.717) is 6.04 Å². The van der Waals surface area contributed by atoms with Gasteiger partial charge in [-0.15, -0.1) is 0 Å². The zero-order valence-corrected chi connectivity index (χ0v) is 12.0. The minimum atomic E-state index is 0.566. The molecule has 0 aromatic carbocycles. The van der Waals surface area contributed by atoms with Gasteiger partial charge in [-0.2, -0.15) is 0 Å². The Bertz CT molecular complexity index is 359. The van der Waals surface area contributed by atoms with Gasteiger partial charge in [-0.3, -0.25) is 4.98 Å². The lowest BCUT2D eigenvalue weighted by Gasteiger charge is -2.21. The summed E-state index contributed by atoms with van der Waals surface area (Å²) < 4.78 is 0. The predicted molar refractivity (Wildman–Crippen MR) is 80.5 cm³/mol. The molecule has 0 spiro atoms. The zero-order chi connectivity index (χ0) is 13.3. The van der Waals surface area contributed by atoms with Crippen LogP contribution in [0.3, 0.4) is 0 Å². The molecule has 0 saturated heterocycles. The quantitative estimate of drug-likeness (QED) is 0.847. The van der Waals surface area contributed by atoms with Gasteiger partial charge >= 0.3 is 0 Å². The average Bonchev–Trinajstić information content (AvgIpc) is 2.40. The van der Waals surface area contributed by atoms with Crippen LogP contribution in [-0.4, -0.2) is 22.6 Å². The van der Waals surface area contributed by atoms with Crippen molar-refractivity contribution in [2.45, 2.75) is 64.3 Å². The van der Waals surface area contributed by atoms with Crippen LogP contribution in [0.4, 0.5) is 11.6 Å². The fraction of sp³-hybridized carbons (Fsp3) is 0.733. The monoisotopic (exact) mass is 262 g/mol. The molecular formula is C15H26N4. The Labute approximate surface area is 116 Å². The van der Waals surface area contributed by atoms with Gasteiger partial charge in [0.05, 0.1) is 12.4 Å². The van der Waals surface area contributed by atoms with E-state index >= 15 is 0 Å². The lowest BCUT2D eigenvalue weighted by Crippen LogP contribution is -2.21. The standard InChI is InChI=1S/C15H26N4/c1-2-10-17-14-11-16-12-15(19-14)18-13-8-6-4-3-5-7-9-13/h11-13H,2-10H2,1H3,(H2,17,18,19). The van der Waals surface area contributed by atoms with Crippen LogP contribution in [0, 0.1) is 0 Å². The van der Waals surface area contributed by atoms with Crippen molar-refractivity contribution < 1.29 is 0 Å². The lowest BCUT2D eigenvalue weighted by atomic mass is 9.97. The molecule has 0 amide bonds. The zero-order valence-electron chi connectivity index (χ0n) is 12.0. The van der Waals surface area contributed by atoms with Crippen molar-refractivity contribution in [1.82, 2.24) is 9.97 Å². The summed E-state index contributed by atoms with van der Waals surface area (Å²) in [5, 5.41) is 6.83. The van der Waals surface area contributed by atoms with Gasteiger partial charge < -0.3 is 10.6 Å². The summed E-state index contributed by atoms with van der Waals surface area (Å²) in [4.78, 5) is 8.83. The molecule has 1 aromatic rings. The van der Waals surface area contributed by atoms with E-state index in [0.717, 1.165) is 24.6 Å². The van der Waals surface area contributed by atoms with Crippen LogP contribution < -0.4 is 10.6 Å². The molecule has 2 rings (SSSR count). The Hall–Kier alpha value is -1.32. The van der Waals surface area contributed by atoms with Crippen molar-refractivity contribution in [2.24, 2.45) is 0 Å². The summed E-state index contributed by atoms with van der Waals surface area (Å²) in [6, 6.07) is 0.566. The topological polar surface area (TPSA) is 49.8 Å². The fourth-order valence-corrected chi connectivity index (χ4v) is 2.58. The van der Waals surface area contributed by atoms with Gasteiger partial charge in [0.1, 0.15) is 11.6 Å². The van der Waals surface area contributed by atoms with E-state index in [4.69, 9.17) is 0 Å². The van der Waals surface area contributed by atoms with Crippen molar-refractivity contribution >= 4 is 11.6 Å². The molecular weight excluding hydrogens is 236 g/mol. The molecule has 1 aliphatic rings. The second kappa shape index (κ2) is 7.97. The van der Waals surface area contributed by atoms with E-state index in [1.807, 2.05) is 6.20 Å². The highest BCUT2D eigenvalue weighted by atomic mass is 15.1. The Balaban J connectivity index is 1.89. The number of aromatic nitrogens is 2. The molecule has 0 unspecified atom stereocenters. The van der Waals surface area contributed by atoms with Gasteiger partial charge in [0.15, 0.2) is 0 Å². The number of hydrogen-bond donors (Lipinski definition) is 2. The third kappa shape index (κ3) is 5.05. The first-order valence-electron chi connectivity index (χ1n) is 7.71. The highest BCUT2D eigenvalue weighted by Crippen LogP contribution is 2.20. The Morgan fingerprint density at radius 2 is 1.74 bits per heavy atom. The SMILES string of the molecule is CCCNc1cncc(NC2CCCCCCC2)n1. The third-order valence-corrected chi connectivity index (χ3v) is 3.65. The van der Waals surface area contributed by atoms with Crippen molar-refractivity contribution in [3.63, 3.8) is 0 Å². The maximum atomic E-state index is 4.57. The first kappa shape index (κ1) is 14.1. The van der Waals surface area contributed by atoms with Gasteiger partial charge in [0, 0.05) is 12.6 Å². The fourth-order valence-electron chi connectivity index (χ4n) is 2.58. The molecule has 0 atom stereocenters. The van der Waals surface area contributed by atoms with Crippen LogP contribution >= 0.6 is 0 Å². The summed E-state index contributed by atoms with van der Waals surface area (Å²) in [5.74, 6) is 1.78. The predicted octanol–water partition coefficient (Wildman–Crippen LogP) is 3.82. The van der Waals surface area contributed by atoms with E-state index in [-0.39, 0.29) is 0 Å². The van der Waals surface area contributed by atoms with Crippen LogP contribution in [0.2, 0.25) is 0 Å². The van der Waals surface area contributed by atoms with Crippen molar-refractivity contribution in [3.05, 3.63) is 12.4 Å². The molecule has 19 heavy (non-hydrogen) atoms. The molecule has 1 fully saturated rings. The Morgan fingerprint density at radius 1 is 1.05 bits per heavy atom. The summed E-state index contributed by atoms with van der Waals surface area (Å²) in [6.07, 6.45) is 14.1. The van der Waals surface area contributed by atoms with E-state index in [9.17, 15) is 0 Å². The van der Waals surface area contributed by atoms with E-state index in [1.165, 1.54) is 44.9 Å². The molecule has 1 aromatic heterocycles. The van der Waals surface area contributed by atoms with Gasteiger partial charge in [0.2, 0.25) is 0 Å². The third-order valence-electron chi connectivity index (χ3n) is 3.65. The Kier molecular flexibility index (Phi) is 5.92. The summed E-state index contributed by atoms with van der Waals surface area (Å²) in [7, 11) is 0. The number of anilines is 2. The molecule has 106 valence electrons. The normalized spacial score (nSPS) is 17.5. The van der Waals surface area contributed by atoms with Gasteiger partial charge in [0.25, 0.3) is 0 Å². The number of hydrogen-bond acceptors (Lipinski definition) is 4. The smallest absolute Gasteiger partial charge is 0.147 e. The maximum absolute atomic E-state index is 4.57. The minimum Gasteiger partial charge on any atom is -0.369 e. The van der Waals surface area contributed by atoms with Gasteiger partial charge in [-0.05, 0) is 19.3 Å². The highest BCUT2D eigenvalue weighted by Gasteiger charge is 2.11. The van der Waals surface area contributed by atoms with E-state index < -0.39 is 0 Å². The second-order valence-electron chi connectivity index (χ2n) is 5.40. The molecule has 4 heteroatoms. The van der Waals surface area contributed by atoms with Crippen molar-refractivity contribution in [3.8, 4) is 0 Å². The summed E-state index contributed by atoms with van der Waals surface area (Å²) in [5.41, 5.74) is 0. The van der Waals surface area contributed by atoms with Gasteiger partial charge in [-0.1, -0.05) is 39.0 Å². The highest BCUT2D eigenvalue weighted by molar-refractivity contribution is 5.42. The van der Waals surface area contributed by atoms with Crippen LogP contribution in [0.5, 0.6) is 0 Å². The molecule has 0 bridgehead atoms. The molecule has 1 saturated carbocycles. The van der Waals surface area contributed by atoms with Crippen LogP contribution in [0.1, 0.15) is 58.3 Å². The largest absolute Gasteiger partial charge is 0.369 e. The first-order chi connectivity index (χ1) is 9.38. The lowest BCUT2D eigenvalue weighted by molar-refractivity contribution is 0.470. The van der Waals surface area contributed by atoms with Crippen molar-refractivity contribution in [2.75, 3.05) is 17.2 Å². The number of rotatable bonds is 5.